The molecule has 1 atom stereocenters. The second-order valence-electron chi connectivity index (χ2n) is 4.79. The lowest BCUT2D eigenvalue weighted by Crippen LogP contribution is -2.48. The standard InChI is InChI=1S/C14H18FNO2/c1-10(2)16-7-8-18-13(9-16)14(17)11-5-3-4-6-12(11)15/h3-6,10,13H,7-9H2,1-2H3. The first kappa shape index (κ1) is 13.2. The molecule has 1 aromatic rings. The molecule has 0 aliphatic carbocycles. The highest BCUT2D eigenvalue weighted by Gasteiger charge is 2.29. The maximum atomic E-state index is 13.6. The molecule has 0 aromatic heterocycles. The fourth-order valence-electron chi connectivity index (χ4n) is 2.13. The van der Waals surface area contributed by atoms with Crippen LogP contribution in [0, 0.1) is 5.82 Å². The van der Waals surface area contributed by atoms with Crippen molar-refractivity contribution in [2.75, 3.05) is 19.7 Å². The normalized spacial score (nSPS) is 21.2. The lowest BCUT2D eigenvalue weighted by atomic mass is 10.0. The van der Waals surface area contributed by atoms with Crippen LogP contribution >= 0.6 is 0 Å². The molecule has 1 saturated heterocycles. The summed E-state index contributed by atoms with van der Waals surface area (Å²) in [5, 5.41) is 0. The molecule has 3 nitrogen and oxygen atoms in total. The number of carbonyl (C=O) groups is 1. The van der Waals surface area contributed by atoms with Crippen molar-refractivity contribution in [2.45, 2.75) is 26.0 Å². The Morgan fingerprint density at radius 2 is 2.17 bits per heavy atom. The predicted octanol–water partition coefficient (Wildman–Crippen LogP) is 2.12. The van der Waals surface area contributed by atoms with Crippen LogP contribution in [0.1, 0.15) is 24.2 Å². The molecule has 0 bridgehead atoms. The fourth-order valence-corrected chi connectivity index (χ4v) is 2.13. The summed E-state index contributed by atoms with van der Waals surface area (Å²) in [6.07, 6.45) is -0.557. The number of Topliss-reactive ketones (excluding diaryl/α,β-unsaturated/α-hetero) is 1. The van der Waals surface area contributed by atoms with Gasteiger partial charge < -0.3 is 4.74 Å². The van der Waals surface area contributed by atoms with Crippen LogP contribution in [0.15, 0.2) is 24.3 Å². The van der Waals surface area contributed by atoms with Gasteiger partial charge in [0.2, 0.25) is 0 Å². The highest BCUT2D eigenvalue weighted by atomic mass is 19.1. The largest absolute Gasteiger partial charge is 0.367 e. The van der Waals surface area contributed by atoms with Crippen molar-refractivity contribution < 1.29 is 13.9 Å². The van der Waals surface area contributed by atoms with Gasteiger partial charge >= 0.3 is 0 Å². The number of halogens is 1. The molecule has 0 saturated carbocycles. The predicted molar refractivity (Wildman–Crippen MR) is 67.2 cm³/mol. The third-order valence-electron chi connectivity index (χ3n) is 3.26. The summed E-state index contributed by atoms with van der Waals surface area (Å²) in [6, 6.07) is 6.42. The van der Waals surface area contributed by atoms with Crippen molar-refractivity contribution in [3.05, 3.63) is 35.6 Å². The van der Waals surface area contributed by atoms with E-state index in [1.807, 2.05) is 0 Å². The van der Waals surface area contributed by atoms with Gasteiger partial charge in [-0.05, 0) is 26.0 Å². The minimum atomic E-state index is -0.557. The molecule has 1 heterocycles. The highest BCUT2D eigenvalue weighted by Crippen LogP contribution is 2.16. The Labute approximate surface area is 107 Å². The van der Waals surface area contributed by atoms with E-state index >= 15 is 0 Å². The van der Waals surface area contributed by atoms with Gasteiger partial charge in [0.25, 0.3) is 0 Å². The molecule has 1 fully saturated rings. The van der Waals surface area contributed by atoms with Crippen LogP contribution in [0.2, 0.25) is 0 Å². The first-order chi connectivity index (χ1) is 8.59. The molecule has 1 unspecified atom stereocenters. The molecular formula is C14H18FNO2. The van der Waals surface area contributed by atoms with Crippen molar-refractivity contribution in [1.29, 1.82) is 0 Å². The Balaban J connectivity index is 2.12. The number of ketones is 1. The third-order valence-corrected chi connectivity index (χ3v) is 3.26. The van der Waals surface area contributed by atoms with Gasteiger partial charge in [-0.15, -0.1) is 0 Å². The van der Waals surface area contributed by atoms with Gasteiger partial charge in [-0.1, -0.05) is 12.1 Å². The van der Waals surface area contributed by atoms with Crippen LogP contribution in [-0.2, 0) is 4.74 Å². The third kappa shape index (κ3) is 2.76. The highest BCUT2D eigenvalue weighted by molar-refractivity contribution is 5.99. The maximum absolute atomic E-state index is 13.6. The van der Waals surface area contributed by atoms with Crippen molar-refractivity contribution in [2.24, 2.45) is 0 Å². The molecule has 0 radical (unpaired) electrons. The number of rotatable bonds is 3. The molecule has 4 heteroatoms. The Kier molecular flexibility index (Phi) is 4.09. The summed E-state index contributed by atoms with van der Waals surface area (Å²) >= 11 is 0. The molecule has 0 N–H and O–H groups in total. The van der Waals surface area contributed by atoms with E-state index in [4.69, 9.17) is 4.74 Å². The number of hydrogen-bond donors (Lipinski definition) is 0. The topological polar surface area (TPSA) is 29.5 Å². The van der Waals surface area contributed by atoms with Crippen LogP contribution in [0.3, 0.4) is 0 Å². The monoisotopic (exact) mass is 251 g/mol. The second kappa shape index (κ2) is 5.59. The number of hydrogen-bond acceptors (Lipinski definition) is 3. The lowest BCUT2D eigenvalue weighted by molar-refractivity contribution is -0.0257. The van der Waals surface area contributed by atoms with E-state index in [-0.39, 0.29) is 11.3 Å². The summed E-state index contributed by atoms with van der Waals surface area (Å²) in [5.74, 6) is -0.744. The maximum Gasteiger partial charge on any atom is 0.195 e. The van der Waals surface area contributed by atoms with Crippen LogP contribution in [-0.4, -0.2) is 42.5 Å². The smallest absolute Gasteiger partial charge is 0.195 e. The summed E-state index contributed by atoms with van der Waals surface area (Å²) in [5.41, 5.74) is 0.119. The van der Waals surface area contributed by atoms with E-state index < -0.39 is 11.9 Å². The average Bonchev–Trinajstić information content (AvgIpc) is 2.38. The first-order valence-electron chi connectivity index (χ1n) is 6.24. The minimum Gasteiger partial charge on any atom is -0.367 e. The van der Waals surface area contributed by atoms with E-state index in [0.29, 0.717) is 19.2 Å². The molecule has 2 rings (SSSR count). The van der Waals surface area contributed by atoms with Crippen molar-refractivity contribution in [3.63, 3.8) is 0 Å². The Morgan fingerprint density at radius 3 is 2.83 bits per heavy atom. The molecule has 0 spiro atoms. The Bertz CT molecular complexity index is 434. The van der Waals surface area contributed by atoms with E-state index in [1.54, 1.807) is 12.1 Å². The quantitative estimate of drug-likeness (QED) is 0.771. The number of ether oxygens (including phenoxy) is 1. The van der Waals surface area contributed by atoms with Gasteiger partial charge in [-0.2, -0.15) is 0 Å². The van der Waals surface area contributed by atoms with Gasteiger partial charge in [0.15, 0.2) is 5.78 Å². The van der Waals surface area contributed by atoms with E-state index in [1.165, 1.54) is 12.1 Å². The number of nitrogens with zero attached hydrogens (tertiary/aromatic N) is 1. The SMILES string of the molecule is CC(C)N1CCOC(C(=O)c2ccccc2F)C1. The zero-order chi connectivity index (χ0) is 13.1. The van der Waals surface area contributed by atoms with Crippen molar-refractivity contribution in [1.82, 2.24) is 4.90 Å². The molecule has 1 aromatic carbocycles. The molecule has 0 amide bonds. The summed E-state index contributed by atoms with van der Waals surface area (Å²) in [6.45, 7) is 6.03. The Morgan fingerprint density at radius 1 is 1.44 bits per heavy atom. The minimum absolute atomic E-state index is 0.119. The van der Waals surface area contributed by atoms with Gasteiger partial charge in [0.1, 0.15) is 11.9 Å². The van der Waals surface area contributed by atoms with Crippen LogP contribution in [0.4, 0.5) is 4.39 Å². The van der Waals surface area contributed by atoms with Crippen molar-refractivity contribution >= 4 is 5.78 Å². The van der Waals surface area contributed by atoms with E-state index in [2.05, 4.69) is 18.7 Å². The van der Waals surface area contributed by atoms with Crippen LogP contribution in [0.25, 0.3) is 0 Å². The first-order valence-corrected chi connectivity index (χ1v) is 6.24. The summed E-state index contributed by atoms with van der Waals surface area (Å²) < 4.78 is 19.0. The van der Waals surface area contributed by atoms with Gasteiger partial charge in [0, 0.05) is 19.1 Å². The van der Waals surface area contributed by atoms with Gasteiger partial charge in [-0.25, -0.2) is 4.39 Å². The van der Waals surface area contributed by atoms with Crippen molar-refractivity contribution in [3.8, 4) is 0 Å². The van der Waals surface area contributed by atoms with Gasteiger partial charge in [-0.3, -0.25) is 9.69 Å². The summed E-state index contributed by atoms with van der Waals surface area (Å²) in [7, 11) is 0. The fraction of sp³-hybridized carbons (Fsp3) is 0.500. The Hall–Kier alpha value is -1.26. The second-order valence-corrected chi connectivity index (χ2v) is 4.79. The number of carbonyl (C=O) groups excluding carboxylic acids is 1. The molecule has 1 aliphatic heterocycles. The number of morpholine rings is 1. The molecule has 1 aliphatic rings. The molecular weight excluding hydrogens is 233 g/mol. The molecule has 98 valence electrons. The van der Waals surface area contributed by atoms with Crippen LogP contribution in [0.5, 0.6) is 0 Å². The average molecular weight is 251 g/mol. The lowest BCUT2D eigenvalue weighted by Gasteiger charge is -2.34. The molecule has 18 heavy (non-hydrogen) atoms. The van der Waals surface area contributed by atoms with E-state index in [0.717, 1.165) is 6.54 Å². The summed E-state index contributed by atoms with van der Waals surface area (Å²) in [4.78, 5) is 14.4. The van der Waals surface area contributed by atoms with Crippen LogP contribution < -0.4 is 0 Å². The zero-order valence-corrected chi connectivity index (χ0v) is 10.7. The zero-order valence-electron chi connectivity index (χ0n) is 10.7. The number of benzene rings is 1. The van der Waals surface area contributed by atoms with Gasteiger partial charge in [0.05, 0.1) is 12.2 Å². The van der Waals surface area contributed by atoms with E-state index in [9.17, 15) is 9.18 Å².